The number of hydrogen-bond donors (Lipinski definition) is 0. The lowest BCUT2D eigenvalue weighted by Crippen LogP contribution is -2.48. The van der Waals surface area contributed by atoms with Crippen LogP contribution >= 0.6 is 23.2 Å². The molecule has 2 aliphatic heterocycles. The summed E-state index contributed by atoms with van der Waals surface area (Å²) >= 11 is 12.6. The predicted octanol–water partition coefficient (Wildman–Crippen LogP) is 6.88. The molecule has 2 aromatic rings. The number of ether oxygens (including phenoxy) is 1. The summed E-state index contributed by atoms with van der Waals surface area (Å²) in [4.78, 5) is 16.2. The van der Waals surface area contributed by atoms with Gasteiger partial charge in [-0.05, 0) is 63.5 Å². The van der Waals surface area contributed by atoms with Crippen molar-refractivity contribution in [2.45, 2.75) is 52.0 Å². The van der Waals surface area contributed by atoms with Gasteiger partial charge in [-0.15, -0.1) is 0 Å². The third-order valence-electron chi connectivity index (χ3n) is 7.08. The number of anilines is 1. The molecule has 186 valence electrons. The van der Waals surface area contributed by atoms with Gasteiger partial charge in [-0.25, -0.2) is 4.39 Å². The van der Waals surface area contributed by atoms with Crippen LogP contribution in [-0.2, 0) is 15.1 Å². The van der Waals surface area contributed by atoms with Gasteiger partial charge in [0.15, 0.2) is 0 Å². The summed E-state index contributed by atoms with van der Waals surface area (Å²) in [5, 5.41) is 1.27. The van der Waals surface area contributed by atoms with E-state index in [1.807, 2.05) is 58.0 Å². The van der Waals surface area contributed by atoms with Gasteiger partial charge >= 0.3 is 5.97 Å². The molecule has 34 heavy (non-hydrogen) atoms. The van der Waals surface area contributed by atoms with Crippen molar-refractivity contribution in [2.24, 2.45) is 5.92 Å². The number of likely N-dealkylation sites (tertiary alicyclic amines) is 1. The minimum absolute atomic E-state index is 0.0625. The van der Waals surface area contributed by atoms with Gasteiger partial charge in [0.05, 0.1) is 28.8 Å². The predicted molar refractivity (Wildman–Crippen MR) is 139 cm³/mol. The maximum Gasteiger partial charge on any atom is 0.308 e. The number of rotatable bonds is 5. The largest absolute Gasteiger partial charge is 0.469 e. The molecule has 0 spiro atoms. The lowest BCUT2D eigenvalue weighted by Gasteiger charge is -2.44. The number of esters is 1. The molecule has 0 radical (unpaired) electrons. The van der Waals surface area contributed by atoms with E-state index >= 15 is 4.39 Å². The van der Waals surface area contributed by atoms with E-state index in [1.54, 1.807) is 6.07 Å². The van der Waals surface area contributed by atoms with Crippen LogP contribution < -0.4 is 4.90 Å². The molecule has 0 atom stereocenters. The Morgan fingerprint density at radius 2 is 1.65 bits per heavy atom. The number of para-hydroxylation sites is 1. The fourth-order valence-electron chi connectivity index (χ4n) is 4.96. The molecule has 0 amide bonds. The SMILES string of the molecule is CC.COC(=O)C1CCN(C(C)(C)c2ccc(C3CN(c4c(Cl)cccc4Cl)C3)cc2F)CC1. The number of halogens is 3. The molecule has 0 aliphatic carbocycles. The Balaban J connectivity index is 0.00000158. The maximum atomic E-state index is 15.3. The average molecular weight is 509 g/mol. The lowest BCUT2D eigenvalue weighted by molar-refractivity contribution is -0.147. The maximum absolute atomic E-state index is 15.3. The second-order valence-corrected chi connectivity index (χ2v) is 10.1. The van der Waals surface area contributed by atoms with Crippen LogP contribution in [0.25, 0.3) is 0 Å². The first kappa shape index (κ1) is 26.8. The summed E-state index contributed by atoms with van der Waals surface area (Å²) < 4.78 is 20.2. The van der Waals surface area contributed by atoms with Crippen molar-refractivity contribution in [1.29, 1.82) is 0 Å². The molecule has 2 heterocycles. The number of piperidine rings is 1. The normalized spacial score (nSPS) is 17.6. The highest BCUT2D eigenvalue weighted by Crippen LogP contribution is 2.41. The van der Waals surface area contributed by atoms with Gasteiger partial charge in [0.2, 0.25) is 0 Å². The van der Waals surface area contributed by atoms with Crippen molar-refractivity contribution >= 4 is 34.9 Å². The molecule has 0 saturated carbocycles. The van der Waals surface area contributed by atoms with Crippen molar-refractivity contribution in [3.63, 3.8) is 0 Å². The van der Waals surface area contributed by atoms with E-state index in [1.165, 1.54) is 7.11 Å². The molecule has 0 bridgehead atoms. The molecular formula is C27H35Cl2FN2O2. The summed E-state index contributed by atoms with van der Waals surface area (Å²) in [6, 6.07) is 11.1. The Morgan fingerprint density at radius 1 is 1.06 bits per heavy atom. The number of carbonyl (C=O) groups excluding carboxylic acids is 1. The summed E-state index contributed by atoms with van der Waals surface area (Å²) in [5.74, 6) is -0.153. The first-order chi connectivity index (χ1) is 16.2. The minimum Gasteiger partial charge on any atom is -0.469 e. The van der Waals surface area contributed by atoms with Crippen molar-refractivity contribution in [1.82, 2.24) is 4.90 Å². The van der Waals surface area contributed by atoms with Gasteiger partial charge < -0.3 is 9.64 Å². The van der Waals surface area contributed by atoms with E-state index in [2.05, 4.69) is 9.80 Å². The summed E-state index contributed by atoms with van der Waals surface area (Å²) in [6.45, 7) is 11.1. The third-order valence-corrected chi connectivity index (χ3v) is 7.69. The molecule has 7 heteroatoms. The van der Waals surface area contributed by atoms with Crippen LogP contribution in [0.1, 0.15) is 57.6 Å². The summed E-state index contributed by atoms with van der Waals surface area (Å²) in [6.07, 6.45) is 1.47. The number of nitrogens with zero attached hydrogens (tertiary/aromatic N) is 2. The second-order valence-electron chi connectivity index (χ2n) is 9.25. The molecule has 2 aliphatic rings. The second kappa shape index (κ2) is 11.3. The Hall–Kier alpha value is -1.82. The van der Waals surface area contributed by atoms with Gasteiger partial charge in [-0.1, -0.05) is 55.2 Å². The zero-order valence-corrected chi connectivity index (χ0v) is 22.2. The fraction of sp³-hybridized carbons (Fsp3) is 0.519. The first-order valence-electron chi connectivity index (χ1n) is 12.0. The zero-order valence-electron chi connectivity index (χ0n) is 20.7. The van der Waals surface area contributed by atoms with Crippen LogP contribution in [0, 0.1) is 11.7 Å². The molecule has 0 N–H and O–H groups in total. The van der Waals surface area contributed by atoms with Crippen molar-refractivity contribution in [3.8, 4) is 0 Å². The Kier molecular flexibility index (Phi) is 8.88. The standard InChI is InChI=1S/C25H29Cl2FN2O2.C2H6/c1-25(2,30-11-9-16(10-12-30)24(31)32-3)19-8-7-17(13-22(19)28)18-14-29(15-18)23-20(26)5-4-6-21(23)27;1-2/h4-8,13,16,18H,9-12,14-15H2,1-3H3;1-2H3. The molecular weight excluding hydrogens is 474 g/mol. The lowest BCUT2D eigenvalue weighted by atomic mass is 9.84. The highest BCUT2D eigenvalue weighted by atomic mass is 35.5. The van der Waals surface area contributed by atoms with Crippen LogP contribution in [0.4, 0.5) is 10.1 Å². The topological polar surface area (TPSA) is 32.8 Å². The van der Waals surface area contributed by atoms with E-state index in [9.17, 15) is 4.79 Å². The first-order valence-corrected chi connectivity index (χ1v) is 12.8. The fourth-order valence-corrected chi connectivity index (χ4v) is 5.59. The van der Waals surface area contributed by atoms with Crippen LogP contribution in [0.3, 0.4) is 0 Å². The van der Waals surface area contributed by atoms with Gasteiger partial charge in [-0.2, -0.15) is 0 Å². The van der Waals surface area contributed by atoms with E-state index in [0.29, 0.717) is 15.6 Å². The quantitative estimate of drug-likeness (QED) is 0.412. The van der Waals surface area contributed by atoms with Crippen molar-refractivity contribution < 1.29 is 13.9 Å². The molecule has 0 unspecified atom stereocenters. The van der Waals surface area contributed by atoms with E-state index in [-0.39, 0.29) is 23.6 Å². The molecule has 2 saturated heterocycles. The highest BCUT2D eigenvalue weighted by molar-refractivity contribution is 6.39. The number of methoxy groups -OCH3 is 1. The highest BCUT2D eigenvalue weighted by Gasteiger charge is 2.37. The minimum atomic E-state index is -0.458. The Labute approximate surface area is 213 Å². The van der Waals surface area contributed by atoms with Gasteiger partial charge in [-0.3, -0.25) is 9.69 Å². The third kappa shape index (κ3) is 5.37. The molecule has 2 aromatic carbocycles. The van der Waals surface area contributed by atoms with E-state index in [4.69, 9.17) is 27.9 Å². The van der Waals surface area contributed by atoms with Gasteiger partial charge in [0.25, 0.3) is 0 Å². The van der Waals surface area contributed by atoms with E-state index < -0.39 is 5.54 Å². The van der Waals surface area contributed by atoms with Crippen molar-refractivity contribution in [2.75, 3.05) is 38.2 Å². The number of benzene rings is 2. The van der Waals surface area contributed by atoms with E-state index in [0.717, 1.165) is 50.3 Å². The Bertz CT molecular complexity index is 980. The number of hydrogen-bond acceptors (Lipinski definition) is 4. The molecule has 2 fully saturated rings. The van der Waals surface area contributed by atoms with Gasteiger partial charge in [0, 0.05) is 30.1 Å². The molecule has 4 nitrogen and oxygen atoms in total. The van der Waals surface area contributed by atoms with Crippen LogP contribution in [0.5, 0.6) is 0 Å². The molecule has 4 rings (SSSR count). The zero-order chi connectivity index (χ0) is 25.0. The van der Waals surface area contributed by atoms with Crippen LogP contribution in [0.15, 0.2) is 36.4 Å². The number of carbonyl (C=O) groups is 1. The monoisotopic (exact) mass is 508 g/mol. The summed E-state index contributed by atoms with van der Waals surface area (Å²) in [5.41, 5.74) is 2.06. The van der Waals surface area contributed by atoms with Crippen LogP contribution in [0.2, 0.25) is 10.0 Å². The van der Waals surface area contributed by atoms with Gasteiger partial charge in [0.1, 0.15) is 5.82 Å². The van der Waals surface area contributed by atoms with Crippen LogP contribution in [-0.4, -0.2) is 44.2 Å². The smallest absolute Gasteiger partial charge is 0.308 e. The van der Waals surface area contributed by atoms with Crippen molar-refractivity contribution in [3.05, 3.63) is 63.4 Å². The Morgan fingerprint density at radius 3 is 2.18 bits per heavy atom. The summed E-state index contributed by atoms with van der Waals surface area (Å²) in [7, 11) is 1.43. The average Bonchev–Trinajstić information content (AvgIpc) is 2.80. The molecule has 0 aromatic heterocycles.